The van der Waals surface area contributed by atoms with Gasteiger partial charge in [0.1, 0.15) is 5.75 Å². The molecule has 0 unspecified atom stereocenters. The number of rotatable bonds is 4. The predicted octanol–water partition coefficient (Wildman–Crippen LogP) is 1.54. The third-order valence-corrected chi connectivity index (χ3v) is 2.76. The molecular weight excluding hydrogens is 218 g/mol. The zero-order valence-electron chi connectivity index (χ0n) is 10.5. The highest BCUT2D eigenvalue weighted by Gasteiger charge is 2.20. The summed E-state index contributed by atoms with van der Waals surface area (Å²) in [6.45, 7) is 5.73. The maximum absolute atomic E-state index is 12.3. The molecule has 1 aromatic carbocycles. The molecular formula is C13H19NO3. The van der Waals surface area contributed by atoms with Crippen molar-refractivity contribution in [2.24, 2.45) is 0 Å². The number of aromatic hydroxyl groups is 1. The molecule has 0 aliphatic carbocycles. The van der Waals surface area contributed by atoms with E-state index in [0.29, 0.717) is 17.7 Å². The number of phenols is 1. The van der Waals surface area contributed by atoms with Crippen molar-refractivity contribution < 1.29 is 15.0 Å². The summed E-state index contributed by atoms with van der Waals surface area (Å²) in [5, 5.41) is 18.5. The molecule has 0 aliphatic rings. The molecule has 1 rings (SSSR count). The Morgan fingerprint density at radius 3 is 2.59 bits per heavy atom. The molecule has 0 spiro atoms. The van der Waals surface area contributed by atoms with Gasteiger partial charge in [0.2, 0.25) is 0 Å². The lowest BCUT2D eigenvalue weighted by molar-refractivity contribution is 0.0664. The van der Waals surface area contributed by atoms with E-state index in [9.17, 15) is 9.90 Å². The summed E-state index contributed by atoms with van der Waals surface area (Å²) in [4.78, 5) is 13.8. The van der Waals surface area contributed by atoms with Crippen LogP contribution in [0.1, 0.15) is 29.8 Å². The number of amides is 1. The Kier molecular flexibility index (Phi) is 4.52. The topological polar surface area (TPSA) is 60.8 Å². The summed E-state index contributed by atoms with van der Waals surface area (Å²) >= 11 is 0. The molecule has 0 bridgehead atoms. The number of carbonyl (C=O) groups excluding carboxylic acids is 1. The van der Waals surface area contributed by atoms with Crippen LogP contribution in [0.3, 0.4) is 0 Å². The van der Waals surface area contributed by atoms with Crippen LogP contribution in [0.2, 0.25) is 0 Å². The van der Waals surface area contributed by atoms with Crippen LogP contribution in [-0.4, -0.2) is 40.2 Å². The van der Waals surface area contributed by atoms with E-state index >= 15 is 0 Å². The van der Waals surface area contributed by atoms with Gasteiger partial charge in [0.15, 0.2) is 0 Å². The molecule has 0 saturated heterocycles. The Labute approximate surface area is 101 Å². The zero-order valence-corrected chi connectivity index (χ0v) is 10.5. The van der Waals surface area contributed by atoms with E-state index in [1.165, 1.54) is 0 Å². The highest BCUT2D eigenvalue weighted by molar-refractivity contribution is 5.96. The van der Waals surface area contributed by atoms with Crippen LogP contribution in [0.5, 0.6) is 5.75 Å². The van der Waals surface area contributed by atoms with Crippen molar-refractivity contribution in [3.8, 4) is 5.75 Å². The second kappa shape index (κ2) is 5.68. The molecule has 0 saturated carbocycles. The smallest absolute Gasteiger partial charge is 0.254 e. The first kappa shape index (κ1) is 13.5. The van der Waals surface area contributed by atoms with E-state index in [-0.39, 0.29) is 24.3 Å². The fourth-order valence-corrected chi connectivity index (χ4v) is 1.71. The van der Waals surface area contributed by atoms with Gasteiger partial charge in [0, 0.05) is 23.7 Å². The number of aliphatic hydroxyl groups is 1. The quantitative estimate of drug-likeness (QED) is 0.835. The van der Waals surface area contributed by atoms with Gasteiger partial charge in [0.05, 0.1) is 6.61 Å². The standard InChI is InChI=1S/C13H19NO3/c1-9(2)14(7-8-15)13(17)11-5-4-6-12(16)10(11)3/h4-6,9,15-16H,7-8H2,1-3H3. The lowest BCUT2D eigenvalue weighted by Gasteiger charge is -2.26. The number of phenolic OH excluding ortho intramolecular Hbond substituents is 1. The Morgan fingerprint density at radius 1 is 1.41 bits per heavy atom. The summed E-state index contributed by atoms with van der Waals surface area (Å²) in [7, 11) is 0. The van der Waals surface area contributed by atoms with E-state index in [1.807, 2.05) is 13.8 Å². The van der Waals surface area contributed by atoms with Crippen molar-refractivity contribution in [3.63, 3.8) is 0 Å². The average molecular weight is 237 g/mol. The van der Waals surface area contributed by atoms with Gasteiger partial charge in [-0.15, -0.1) is 0 Å². The molecule has 4 nitrogen and oxygen atoms in total. The van der Waals surface area contributed by atoms with Crippen molar-refractivity contribution in [1.82, 2.24) is 4.90 Å². The summed E-state index contributed by atoms with van der Waals surface area (Å²) in [5.41, 5.74) is 1.05. The summed E-state index contributed by atoms with van der Waals surface area (Å²) in [6, 6.07) is 4.89. The second-order valence-electron chi connectivity index (χ2n) is 4.27. The monoisotopic (exact) mass is 237 g/mol. The number of hydrogen-bond acceptors (Lipinski definition) is 3. The Hall–Kier alpha value is -1.55. The van der Waals surface area contributed by atoms with Gasteiger partial charge in [-0.25, -0.2) is 0 Å². The maximum Gasteiger partial charge on any atom is 0.254 e. The van der Waals surface area contributed by atoms with E-state index in [0.717, 1.165) is 0 Å². The van der Waals surface area contributed by atoms with E-state index in [1.54, 1.807) is 30.0 Å². The van der Waals surface area contributed by atoms with Crippen molar-refractivity contribution in [2.75, 3.05) is 13.2 Å². The first-order chi connectivity index (χ1) is 7.99. The average Bonchev–Trinajstić information content (AvgIpc) is 2.28. The molecule has 17 heavy (non-hydrogen) atoms. The highest BCUT2D eigenvalue weighted by atomic mass is 16.3. The lowest BCUT2D eigenvalue weighted by Crippen LogP contribution is -2.39. The Morgan fingerprint density at radius 2 is 2.06 bits per heavy atom. The van der Waals surface area contributed by atoms with Gasteiger partial charge in [-0.2, -0.15) is 0 Å². The van der Waals surface area contributed by atoms with Crippen molar-refractivity contribution in [3.05, 3.63) is 29.3 Å². The molecule has 0 fully saturated rings. The predicted molar refractivity (Wildman–Crippen MR) is 66.1 cm³/mol. The Balaban J connectivity index is 3.05. The largest absolute Gasteiger partial charge is 0.508 e. The number of hydrogen-bond donors (Lipinski definition) is 2. The molecule has 0 aliphatic heterocycles. The third-order valence-electron chi connectivity index (χ3n) is 2.76. The van der Waals surface area contributed by atoms with Gasteiger partial charge in [-0.05, 0) is 32.9 Å². The molecule has 1 aromatic rings. The van der Waals surface area contributed by atoms with Crippen LogP contribution in [0.25, 0.3) is 0 Å². The summed E-state index contributed by atoms with van der Waals surface area (Å²) < 4.78 is 0. The van der Waals surface area contributed by atoms with Crippen LogP contribution in [0, 0.1) is 6.92 Å². The van der Waals surface area contributed by atoms with E-state index in [4.69, 9.17) is 5.11 Å². The van der Waals surface area contributed by atoms with Gasteiger partial charge < -0.3 is 15.1 Å². The van der Waals surface area contributed by atoms with Gasteiger partial charge in [-0.3, -0.25) is 4.79 Å². The highest BCUT2D eigenvalue weighted by Crippen LogP contribution is 2.21. The van der Waals surface area contributed by atoms with Crippen LogP contribution >= 0.6 is 0 Å². The maximum atomic E-state index is 12.3. The molecule has 94 valence electrons. The fraction of sp³-hybridized carbons (Fsp3) is 0.462. The zero-order chi connectivity index (χ0) is 13.0. The molecule has 1 amide bonds. The number of aliphatic hydroxyl groups excluding tert-OH is 1. The Bertz CT molecular complexity index is 402. The summed E-state index contributed by atoms with van der Waals surface area (Å²) in [6.07, 6.45) is 0. The fourth-order valence-electron chi connectivity index (χ4n) is 1.71. The normalized spacial score (nSPS) is 10.6. The molecule has 0 heterocycles. The van der Waals surface area contributed by atoms with Crippen LogP contribution in [-0.2, 0) is 0 Å². The number of nitrogens with zero attached hydrogens (tertiary/aromatic N) is 1. The van der Waals surface area contributed by atoms with Gasteiger partial charge in [-0.1, -0.05) is 6.07 Å². The molecule has 0 radical (unpaired) electrons. The third kappa shape index (κ3) is 2.97. The minimum absolute atomic E-state index is 0.0106. The molecule has 4 heteroatoms. The minimum Gasteiger partial charge on any atom is -0.508 e. The minimum atomic E-state index is -0.164. The van der Waals surface area contributed by atoms with Gasteiger partial charge >= 0.3 is 0 Å². The van der Waals surface area contributed by atoms with Crippen molar-refractivity contribution in [2.45, 2.75) is 26.8 Å². The van der Waals surface area contributed by atoms with Crippen LogP contribution in [0.4, 0.5) is 0 Å². The van der Waals surface area contributed by atoms with E-state index in [2.05, 4.69) is 0 Å². The summed E-state index contributed by atoms with van der Waals surface area (Å²) in [5.74, 6) is -0.0500. The van der Waals surface area contributed by atoms with Crippen LogP contribution < -0.4 is 0 Å². The molecule has 0 aromatic heterocycles. The van der Waals surface area contributed by atoms with E-state index < -0.39 is 0 Å². The number of carbonyl (C=O) groups is 1. The number of benzene rings is 1. The molecule has 2 N–H and O–H groups in total. The first-order valence-corrected chi connectivity index (χ1v) is 5.69. The SMILES string of the molecule is Cc1c(O)cccc1C(=O)N(CCO)C(C)C. The second-order valence-corrected chi connectivity index (χ2v) is 4.27. The van der Waals surface area contributed by atoms with Crippen molar-refractivity contribution in [1.29, 1.82) is 0 Å². The first-order valence-electron chi connectivity index (χ1n) is 5.69. The lowest BCUT2D eigenvalue weighted by atomic mass is 10.1. The van der Waals surface area contributed by atoms with Gasteiger partial charge in [0.25, 0.3) is 5.91 Å². The van der Waals surface area contributed by atoms with Crippen molar-refractivity contribution >= 4 is 5.91 Å². The molecule has 0 atom stereocenters. The van der Waals surface area contributed by atoms with Crippen LogP contribution in [0.15, 0.2) is 18.2 Å².